The van der Waals surface area contributed by atoms with E-state index in [1.54, 1.807) is 25.7 Å². The highest BCUT2D eigenvalue weighted by Crippen LogP contribution is 2.40. The van der Waals surface area contributed by atoms with Crippen LogP contribution < -0.4 is 0 Å². The molecule has 0 unspecified atom stereocenters. The summed E-state index contributed by atoms with van der Waals surface area (Å²) >= 11 is 0. The van der Waals surface area contributed by atoms with Crippen LogP contribution in [0.3, 0.4) is 0 Å². The molecule has 128 valence electrons. The minimum Gasteiger partial charge on any atom is -0.378 e. The van der Waals surface area contributed by atoms with Crippen LogP contribution in [0.1, 0.15) is 103 Å². The second-order valence-corrected chi connectivity index (χ2v) is 8.45. The quantitative estimate of drug-likeness (QED) is 0.509. The van der Waals surface area contributed by atoms with Crippen LogP contribution in [0, 0.1) is 17.8 Å². The van der Waals surface area contributed by atoms with Crippen molar-refractivity contribution in [3.8, 4) is 0 Å². The monoisotopic (exact) mass is 306 g/mol. The lowest BCUT2D eigenvalue weighted by Gasteiger charge is -2.36. The van der Waals surface area contributed by atoms with Crippen LogP contribution in [0.15, 0.2) is 0 Å². The standard InChI is InChI=1S/C21H38O/c1-3-9-19(10-4-1)20-15-13-18(14-16-20)8-7-17-22-21-11-5-2-6-12-21/h18-21H,1-17H2. The summed E-state index contributed by atoms with van der Waals surface area (Å²) in [6, 6.07) is 0. The van der Waals surface area contributed by atoms with E-state index in [1.165, 1.54) is 77.0 Å². The van der Waals surface area contributed by atoms with Crippen molar-refractivity contribution in [2.24, 2.45) is 17.8 Å². The van der Waals surface area contributed by atoms with Gasteiger partial charge in [-0.15, -0.1) is 0 Å². The summed E-state index contributed by atoms with van der Waals surface area (Å²) in [6.45, 7) is 1.03. The summed E-state index contributed by atoms with van der Waals surface area (Å²) in [5.74, 6) is 3.22. The van der Waals surface area contributed by atoms with Gasteiger partial charge in [0.25, 0.3) is 0 Å². The lowest BCUT2D eigenvalue weighted by Crippen LogP contribution is -2.24. The van der Waals surface area contributed by atoms with Crippen molar-refractivity contribution >= 4 is 0 Å². The Balaban J connectivity index is 1.24. The van der Waals surface area contributed by atoms with Gasteiger partial charge in [0.2, 0.25) is 0 Å². The van der Waals surface area contributed by atoms with Crippen molar-refractivity contribution in [2.45, 2.75) is 109 Å². The van der Waals surface area contributed by atoms with Gasteiger partial charge in [0.05, 0.1) is 6.10 Å². The molecule has 0 bridgehead atoms. The van der Waals surface area contributed by atoms with Crippen molar-refractivity contribution < 1.29 is 4.74 Å². The summed E-state index contributed by atoms with van der Waals surface area (Å²) in [6.07, 6.45) is 24.0. The Bertz CT molecular complexity index is 280. The topological polar surface area (TPSA) is 9.23 Å². The van der Waals surface area contributed by atoms with E-state index >= 15 is 0 Å². The van der Waals surface area contributed by atoms with Gasteiger partial charge in [0.1, 0.15) is 0 Å². The van der Waals surface area contributed by atoms with Gasteiger partial charge in [-0.1, -0.05) is 64.2 Å². The van der Waals surface area contributed by atoms with Crippen molar-refractivity contribution in [3.05, 3.63) is 0 Å². The molecule has 0 aromatic rings. The smallest absolute Gasteiger partial charge is 0.0575 e. The Morgan fingerprint density at radius 2 is 1.18 bits per heavy atom. The second-order valence-electron chi connectivity index (χ2n) is 8.45. The number of ether oxygens (including phenoxy) is 1. The zero-order valence-electron chi connectivity index (χ0n) is 14.7. The largest absolute Gasteiger partial charge is 0.378 e. The fourth-order valence-electron chi connectivity index (χ4n) is 5.41. The van der Waals surface area contributed by atoms with Gasteiger partial charge < -0.3 is 4.74 Å². The average molecular weight is 307 g/mol. The highest BCUT2D eigenvalue weighted by Gasteiger charge is 2.28. The first-order chi connectivity index (χ1) is 10.9. The molecule has 0 spiro atoms. The van der Waals surface area contributed by atoms with Crippen LogP contribution in [0.25, 0.3) is 0 Å². The predicted octanol–water partition coefficient (Wildman–Crippen LogP) is 6.50. The van der Waals surface area contributed by atoms with Crippen LogP contribution >= 0.6 is 0 Å². The van der Waals surface area contributed by atoms with Crippen molar-refractivity contribution in [1.29, 1.82) is 0 Å². The summed E-state index contributed by atoms with van der Waals surface area (Å²) in [5.41, 5.74) is 0. The molecule has 0 radical (unpaired) electrons. The van der Waals surface area contributed by atoms with E-state index in [1.807, 2.05) is 0 Å². The van der Waals surface area contributed by atoms with E-state index in [0.29, 0.717) is 6.10 Å². The van der Waals surface area contributed by atoms with Crippen LogP contribution in [0.5, 0.6) is 0 Å². The van der Waals surface area contributed by atoms with Gasteiger partial charge in [-0.05, 0) is 56.3 Å². The van der Waals surface area contributed by atoms with Gasteiger partial charge >= 0.3 is 0 Å². The van der Waals surface area contributed by atoms with E-state index in [0.717, 1.165) is 24.4 Å². The summed E-state index contributed by atoms with van der Waals surface area (Å²) in [7, 11) is 0. The molecule has 1 heteroatoms. The van der Waals surface area contributed by atoms with Gasteiger partial charge in [-0.2, -0.15) is 0 Å². The fraction of sp³-hybridized carbons (Fsp3) is 1.00. The Morgan fingerprint density at radius 3 is 1.86 bits per heavy atom. The molecule has 22 heavy (non-hydrogen) atoms. The van der Waals surface area contributed by atoms with E-state index in [2.05, 4.69) is 0 Å². The summed E-state index contributed by atoms with van der Waals surface area (Å²) in [4.78, 5) is 0. The molecule has 3 fully saturated rings. The van der Waals surface area contributed by atoms with Crippen LogP contribution in [-0.4, -0.2) is 12.7 Å². The number of hydrogen-bond acceptors (Lipinski definition) is 1. The summed E-state index contributed by atoms with van der Waals surface area (Å²) < 4.78 is 6.09. The highest BCUT2D eigenvalue weighted by molar-refractivity contribution is 4.80. The number of hydrogen-bond donors (Lipinski definition) is 0. The van der Waals surface area contributed by atoms with Crippen molar-refractivity contribution in [1.82, 2.24) is 0 Å². The molecular formula is C21H38O. The van der Waals surface area contributed by atoms with Gasteiger partial charge in [0.15, 0.2) is 0 Å². The van der Waals surface area contributed by atoms with E-state index < -0.39 is 0 Å². The Kier molecular flexibility index (Phi) is 7.11. The molecule has 3 saturated carbocycles. The first-order valence-corrected chi connectivity index (χ1v) is 10.5. The maximum atomic E-state index is 6.09. The van der Waals surface area contributed by atoms with E-state index in [4.69, 9.17) is 4.74 Å². The van der Waals surface area contributed by atoms with Gasteiger partial charge in [-0.25, -0.2) is 0 Å². The highest BCUT2D eigenvalue weighted by atomic mass is 16.5. The molecule has 3 aliphatic carbocycles. The first-order valence-electron chi connectivity index (χ1n) is 10.5. The van der Waals surface area contributed by atoms with Crippen molar-refractivity contribution in [2.75, 3.05) is 6.61 Å². The lowest BCUT2D eigenvalue weighted by molar-refractivity contribution is 0.0237. The molecule has 0 aliphatic heterocycles. The second kappa shape index (κ2) is 9.30. The first kappa shape index (κ1) is 16.8. The van der Waals surface area contributed by atoms with Crippen LogP contribution in [-0.2, 0) is 4.74 Å². The minimum absolute atomic E-state index is 0.607. The van der Waals surface area contributed by atoms with Crippen LogP contribution in [0.4, 0.5) is 0 Å². The number of rotatable bonds is 6. The van der Waals surface area contributed by atoms with Gasteiger partial charge in [0, 0.05) is 6.61 Å². The Labute approximate surface area is 138 Å². The molecule has 3 aliphatic rings. The molecule has 0 aromatic heterocycles. The maximum absolute atomic E-state index is 6.09. The van der Waals surface area contributed by atoms with Crippen LogP contribution in [0.2, 0.25) is 0 Å². The molecular weight excluding hydrogens is 268 g/mol. The molecule has 3 rings (SSSR count). The maximum Gasteiger partial charge on any atom is 0.0575 e. The Hall–Kier alpha value is -0.0400. The third-order valence-electron chi connectivity index (χ3n) is 6.87. The molecule has 0 atom stereocenters. The SMILES string of the molecule is C1CCC(OCCCC2CCC(C3CCCCC3)CC2)CC1. The zero-order valence-corrected chi connectivity index (χ0v) is 14.7. The molecule has 0 heterocycles. The molecule has 0 saturated heterocycles. The zero-order chi connectivity index (χ0) is 15.0. The Morgan fingerprint density at radius 1 is 0.591 bits per heavy atom. The van der Waals surface area contributed by atoms with E-state index in [9.17, 15) is 0 Å². The third-order valence-corrected chi connectivity index (χ3v) is 6.87. The third kappa shape index (κ3) is 5.25. The summed E-state index contributed by atoms with van der Waals surface area (Å²) in [5, 5.41) is 0. The molecule has 0 aromatic carbocycles. The minimum atomic E-state index is 0.607. The molecule has 0 N–H and O–H groups in total. The van der Waals surface area contributed by atoms with Gasteiger partial charge in [-0.3, -0.25) is 0 Å². The van der Waals surface area contributed by atoms with E-state index in [-0.39, 0.29) is 0 Å². The predicted molar refractivity (Wildman–Crippen MR) is 94.1 cm³/mol. The average Bonchev–Trinajstić information content (AvgIpc) is 2.61. The van der Waals surface area contributed by atoms with Crippen molar-refractivity contribution in [3.63, 3.8) is 0 Å². The molecule has 1 nitrogen and oxygen atoms in total. The fourth-order valence-corrected chi connectivity index (χ4v) is 5.41. The normalized spacial score (nSPS) is 32.2. The lowest BCUT2D eigenvalue weighted by atomic mass is 9.70. The molecule has 0 amide bonds.